The van der Waals surface area contributed by atoms with Crippen LogP contribution in [0, 0.1) is 12.3 Å². The van der Waals surface area contributed by atoms with Crippen LogP contribution in [0.1, 0.15) is 19.7 Å². The average Bonchev–Trinajstić information content (AvgIpc) is 2.69. The summed E-state index contributed by atoms with van der Waals surface area (Å²) < 4.78 is 1.41. The number of hydrogen-bond donors (Lipinski definition) is 3. The highest BCUT2D eigenvalue weighted by atomic mass is 16.3. The predicted molar refractivity (Wildman–Crippen MR) is 67.7 cm³/mol. The lowest BCUT2D eigenvalue weighted by Gasteiger charge is -2.22. The number of aliphatic hydroxyl groups is 1. The SMILES string of the molecule is Cc1nc(NCC(C)(C)CO)cc2n[nH]c(=O)n12. The number of aromatic amines is 1. The van der Waals surface area contributed by atoms with Crippen LogP contribution in [0.4, 0.5) is 5.82 Å². The first-order valence-corrected chi connectivity index (χ1v) is 5.72. The van der Waals surface area contributed by atoms with E-state index in [4.69, 9.17) is 0 Å². The average molecular weight is 251 g/mol. The third kappa shape index (κ3) is 2.35. The first-order valence-electron chi connectivity index (χ1n) is 5.72. The van der Waals surface area contributed by atoms with E-state index in [1.54, 1.807) is 13.0 Å². The second-order valence-corrected chi connectivity index (χ2v) is 5.09. The maximum atomic E-state index is 11.4. The van der Waals surface area contributed by atoms with E-state index in [-0.39, 0.29) is 17.7 Å². The summed E-state index contributed by atoms with van der Waals surface area (Å²) in [4.78, 5) is 15.7. The van der Waals surface area contributed by atoms with Gasteiger partial charge in [-0.2, -0.15) is 5.10 Å². The van der Waals surface area contributed by atoms with Gasteiger partial charge in [-0.15, -0.1) is 0 Å². The third-order valence-electron chi connectivity index (χ3n) is 2.75. The lowest BCUT2D eigenvalue weighted by atomic mass is 9.95. The number of aryl methyl sites for hydroxylation is 1. The Morgan fingerprint density at radius 1 is 1.56 bits per heavy atom. The quantitative estimate of drug-likeness (QED) is 0.719. The summed E-state index contributed by atoms with van der Waals surface area (Å²) in [7, 11) is 0. The van der Waals surface area contributed by atoms with Gasteiger partial charge in [0.1, 0.15) is 11.6 Å². The van der Waals surface area contributed by atoms with Crippen molar-refractivity contribution in [3.8, 4) is 0 Å². The van der Waals surface area contributed by atoms with Gasteiger partial charge in [-0.25, -0.2) is 19.3 Å². The number of hydrogen-bond acceptors (Lipinski definition) is 5. The maximum absolute atomic E-state index is 11.4. The van der Waals surface area contributed by atoms with Crippen LogP contribution < -0.4 is 11.0 Å². The molecule has 2 heterocycles. The van der Waals surface area contributed by atoms with E-state index < -0.39 is 0 Å². The number of nitrogens with zero attached hydrogens (tertiary/aromatic N) is 3. The topological polar surface area (TPSA) is 95.3 Å². The molecule has 7 nitrogen and oxygen atoms in total. The molecule has 0 unspecified atom stereocenters. The van der Waals surface area contributed by atoms with Crippen molar-refractivity contribution in [2.24, 2.45) is 5.41 Å². The van der Waals surface area contributed by atoms with Crippen LogP contribution >= 0.6 is 0 Å². The Balaban J connectivity index is 2.28. The maximum Gasteiger partial charge on any atom is 0.349 e. The van der Waals surface area contributed by atoms with Crippen molar-refractivity contribution in [2.45, 2.75) is 20.8 Å². The normalized spacial score (nSPS) is 12.0. The van der Waals surface area contributed by atoms with Gasteiger partial charge in [0.05, 0.1) is 0 Å². The molecule has 0 fully saturated rings. The molecule has 0 radical (unpaired) electrons. The predicted octanol–water partition coefficient (Wildman–Crippen LogP) is 0.156. The summed E-state index contributed by atoms with van der Waals surface area (Å²) in [6.45, 7) is 6.31. The molecule has 0 atom stereocenters. The molecule has 7 heteroatoms. The Hall–Kier alpha value is -1.89. The monoisotopic (exact) mass is 251 g/mol. The molecule has 98 valence electrons. The van der Waals surface area contributed by atoms with Crippen LogP contribution in [0.25, 0.3) is 5.65 Å². The Kier molecular flexibility index (Phi) is 3.08. The number of anilines is 1. The van der Waals surface area contributed by atoms with Crippen LogP contribution in [0.2, 0.25) is 0 Å². The number of rotatable bonds is 4. The molecule has 18 heavy (non-hydrogen) atoms. The van der Waals surface area contributed by atoms with Crippen molar-refractivity contribution in [1.82, 2.24) is 19.6 Å². The fourth-order valence-corrected chi connectivity index (χ4v) is 1.57. The molecule has 2 aromatic rings. The third-order valence-corrected chi connectivity index (χ3v) is 2.75. The summed E-state index contributed by atoms with van der Waals surface area (Å²) in [5.74, 6) is 1.20. The van der Waals surface area contributed by atoms with Gasteiger partial charge in [0.25, 0.3) is 0 Å². The molecule has 0 aliphatic carbocycles. The summed E-state index contributed by atoms with van der Waals surface area (Å²) >= 11 is 0. The first-order chi connectivity index (χ1) is 8.43. The Bertz CT molecular complexity index is 613. The molecule has 0 amide bonds. The standard InChI is InChI=1S/C11H17N5O2/c1-7-13-8(12-5-11(2,3)6-17)4-9-14-15-10(18)16(7)9/h4,12,17H,5-6H2,1-3H3,(H,15,18). The fraction of sp³-hybridized carbons (Fsp3) is 0.545. The fourth-order valence-electron chi connectivity index (χ4n) is 1.57. The minimum Gasteiger partial charge on any atom is -0.396 e. The molecule has 0 saturated heterocycles. The summed E-state index contributed by atoms with van der Waals surface area (Å²) in [5, 5.41) is 18.6. The zero-order valence-corrected chi connectivity index (χ0v) is 10.7. The summed E-state index contributed by atoms with van der Waals surface area (Å²) in [6, 6.07) is 1.69. The van der Waals surface area contributed by atoms with E-state index in [1.807, 2.05) is 13.8 Å². The second-order valence-electron chi connectivity index (χ2n) is 5.09. The van der Waals surface area contributed by atoms with Gasteiger partial charge in [0, 0.05) is 24.6 Å². The molecule has 0 aliphatic rings. The van der Waals surface area contributed by atoms with Crippen molar-refractivity contribution in [3.05, 3.63) is 22.4 Å². The minimum atomic E-state index is -0.294. The van der Waals surface area contributed by atoms with Crippen molar-refractivity contribution in [2.75, 3.05) is 18.5 Å². The van der Waals surface area contributed by atoms with Gasteiger partial charge in [0.2, 0.25) is 0 Å². The molecule has 2 aromatic heterocycles. The number of aliphatic hydroxyl groups excluding tert-OH is 1. The molecule has 0 aromatic carbocycles. The molecule has 2 rings (SSSR count). The van der Waals surface area contributed by atoms with Crippen molar-refractivity contribution in [3.63, 3.8) is 0 Å². The lowest BCUT2D eigenvalue weighted by Crippen LogP contribution is -2.27. The van der Waals surface area contributed by atoms with Crippen molar-refractivity contribution >= 4 is 11.5 Å². The minimum absolute atomic E-state index is 0.0864. The molecule has 0 aliphatic heterocycles. The van der Waals surface area contributed by atoms with E-state index in [2.05, 4.69) is 20.5 Å². The smallest absolute Gasteiger partial charge is 0.349 e. The highest BCUT2D eigenvalue weighted by molar-refractivity contribution is 5.49. The second kappa shape index (κ2) is 4.41. The van der Waals surface area contributed by atoms with Crippen LogP contribution in [-0.4, -0.2) is 37.8 Å². The van der Waals surface area contributed by atoms with Gasteiger partial charge in [-0.05, 0) is 6.92 Å². The van der Waals surface area contributed by atoms with Crippen molar-refractivity contribution in [1.29, 1.82) is 0 Å². The Labute approximate surface area is 104 Å². The Morgan fingerprint density at radius 3 is 2.94 bits per heavy atom. The summed E-state index contributed by atoms with van der Waals surface area (Å²) in [6.07, 6.45) is 0. The van der Waals surface area contributed by atoms with Crippen LogP contribution in [-0.2, 0) is 0 Å². The van der Waals surface area contributed by atoms with E-state index in [0.29, 0.717) is 23.8 Å². The van der Waals surface area contributed by atoms with E-state index in [0.717, 1.165) is 0 Å². The van der Waals surface area contributed by atoms with Gasteiger partial charge < -0.3 is 10.4 Å². The van der Waals surface area contributed by atoms with Crippen molar-refractivity contribution < 1.29 is 5.11 Å². The molecular weight excluding hydrogens is 234 g/mol. The van der Waals surface area contributed by atoms with Gasteiger partial charge in [-0.1, -0.05) is 13.8 Å². The highest BCUT2D eigenvalue weighted by Crippen LogP contribution is 2.15. The molecule has 0 saturated carbocycles. The number of H-pyrrole nitrogens is 1. The largest absolute Gasteiger partial charge is 0.396 e. The van der Waals surface area contributed by atoms with E-state index in [1.165, 1.54) is 4.40 Å². The molecular formula is C11H17N5O2. The number of aromatic nitrogens is 4. The molecule has 0 bridgehead atoms. The Morgan fingerprint density at radius 2 is 2.28 bits per heavy atom. The lowest BCUT2D eigenvalue weighted by molar-refractivity contribution is 0.170. The summed E-state index contributed by atoms with van der Waals surface area (Å²) in [5.41, 5.74) is 0.00138. The first kappa shape index (κ1) is 12.6. The van der Waals surface area contributed by atoms with Crippen LogP contribution in [0.5, 0.6) is 0 Å². The number of fused-ring (bicyclic) bond motifs is 1. The van der Waals surface area contributed by atoms with Gasteiger partial charge in [-0.3, -0.25) is 0 Å². The van der Waals surface area contributed by atoms with Gasteiger partial charge >= 0.3 is 5.69 Å². The molecule has 0 spiro atoms. The zero-order valence-electron chi connectivity index (χ0n) is 10.7. The van der Waals surface area contributed by atoms with Gasteiger partial charge in [0.15, 0.2) is 5.65 Å². The van der Waals surface area contributed by atoms with Crippen LogP contribution in [0.15, 0.2) is 10.9 Å². The van der Waals surface area contributed by atoms with Crippen LogP contribution in [0.3, 0.4) is 0 Å². The van der Waals surface area contributed by atoms with E-state index >= 15 is 0 Å². The highest BCUT2D eigenvalue weighted by Gasteiger charge is 2.16. The van der Waals surface area contributed by atoms with E-state index in [9.17, 15) is 9.90 Å². The molecule has 3 N–H and O–H groups in total. The zero-order chi connectivity index (χ0) is 13.3. The number of nitrogens with one attached hydrogen (secondary N) is 2.